The van der Waals surface area contributed by atoms with Gasteiger partial charge >= 0.3 is 0 Å². The zero-order chi connectivity index (χ0) is 54.4. The third kappa shape index (κ3) is 7.36. The number of hydrogen-bond donors (Lipinski definition) is 10. The van der Waals surface area contributed by atoms with Crippen molar-refractivity contribution in [2.45, 2.75) is 196 Å². The van der Waals surface area contributed by atoms with Gasteiger partial charge in [-0.25, -0.2) is 4.98 Å². The third-order valence-electron chi connectivity index (χ3n) is 21.4. The highest BCUT2D eigenvalue weighted by Crippen LogP contribution is 2.78. The Kier molecular flexibility index (Phi) is 14.3. The molecule has 19 heteroatoms. The van der Waals surface area contributed by atoms with E-state index in [2.05, 4.69) is 53.6 Å². The lowest BCUT2D eigenvalue weighted by Crippen LogP contribution is -2.85. The normalized spacial score (nSPS) is 46.3. The number of aliphatic hydroxyl groups excluding tert-OH is 5. The molecule has 1 aromatic rings. The summed E-state index contributed by atoms with van der Waals surface area (Å²) >= 11 is 9.95. The van der Waals surface area contributed by atoms with Crippen molar-refractivity contribution in [1.82, 2.24) is 10.3 Å². The topological polar surface area (TPSA) is 274 Å². The van der Waals surface area contributed by atoms with Crippen LogP contribution in [0.5, 0.6) is 0 Å². The molecule has 4 spiro atoms. The number of aliphatic hydroxyl groups is 7. The molecule has 10 aliphatic carbocycles. The average molecular weight is 1150 g/mol. The molecule has 416 valence electrons. The number of Topliss-reactive ketones (excluding diaryl/α,β-unsaturated/α-hetero) is 3. The number of fused-ring (bicyclic) bond motifs is 5. The summed E-state index contributed by atoms with van der Waals surface area (Å²) in [5.74, 6) is -7.93. The highest BCUT2D eigenvalue weighted by Gasteiger charge is 2.89. The molecule has 1 unspecified atom stereocenters. The Bertz CT molecular complexity index is 2520. The molecule has 0 aromatic carbocycles. The summed E-state index contributed by atoms with van der Waals surface area (Å²) in [7, 11) is 0. The maximum atomic E-state index is 13.9. The molecule has 1 aromatic heterocycles. The number of ether oxygens (including phenoxy) is 2. The minimum absolute atomic E-state index is 0.0425. The fraction of sp³-hybridized carbons (Fsp3) is 0.804. The quantitative estimate of drug-likeness (QED) is 0.108. The second-order valence-corrected chi connectivity index (χ2v) is 28.5. The molecule has 15 rings (SSSR count). The number of thiocarbonyl (C=S) groups is 1. The fourth-order valence-electron chi connectivity index (χ4n) is 18.7. The number of halogens is 1. The van der Waals surface area contributed by atoms with Crippen molar-refractivity contribution in [2.75, 3.05) is 25.1 Å². The number of anilines is 1. The largest absolute Gasteiger partial charge is 0.397 e. The van der Waals surface area contributed by atoms with Crippen LogP contribution in [0.4, 0.5) is 5.13 Å². The molecule has 9 saturated carbocycles. The summed E-state index contributed by atoms with van der Waals surface area (Å²) in [6.45, 7) is 18.2. The highest BCUT2D eigenvalue weighted by molar-refractivity contribution is 9.10. The van der Waals surface area contributed by atoms with Gasteiger partial charge in [0.05, 0.1) is 41.4 Å². The number of thiazole rings is 1. The number of ketones is 3. The maximum Gasteiger partial charge on any atom is 0.208 e. The van der Waals surface area contributed by atoms with Gasteiger partial charge in [-0.2, -0.15) is 0 Å². The summed E-state index contributed by atoms with van der Waals surface area (Å²) in [6, 6.07) is 0.983. The van der Waals surface area contributed by atoms with Crippen molar-refractivity contribution in [3.05, 3.63) is 34.9 Å². The smallest absolute Gasteiger partial charge is 0.208 e. The molecule has 0 radical (unpaired) electrons. The van der Waals surface area contributed by atoms with Crippen LogP contribution in [0.1, 0.15) is 142 Å². The number of carbonyl (C=O) groups is 3. The summed E-state index contributed by atoms with van der Waals surface area (Å²) in [5, 5.41) is 85.2. The lowest BCUT2D eigenvalue weighted by molar-refractivity contribution is -0.437. The molecular weight excluding hydrogens is 1060 g/mol. The average Bonchev–Trinajstić information content (AvgIpc) is 4.10. The summed E-state index contributed by atoms with van der Waals surface area (Å²) in [5.41, 5.74) is 0.876. The molecule has 4 saturated heterocycles. The lowest BCUT2D eigenvalue weighted by atomic mass is 9.36. The Morgan fingerprint density at radius 1 is 0.733 bits per heavy atom. The summed E-state index contributed by atoms with van der Waals surface area (Å²) in [6.07, 6.45) is 11.1. The second-order valence-electron chi connectivity index (χ2n) is 25.8. The number of carbonyl (C=O) groups excluding carboxylic acids is 3. The second kappa shape index (κ2) is 19.2. The number of nitrogens with zero attached hydrogens (tertiary/aromatic N) is 1. The Balaban J connectivity index is 0.000000141. The van der Waals surface area contributed by atoms with Gasteiger partial charge in [0.25, 0.3) is 0 Å². The molecule has 75 heavy (non-hydrogen) atoms. The van der Waals surface area contributed by atoms with Gasteiger partial charge in [-0.05, 0) is 117 Å². The van der Waals surface area contributed by atoms with E-state index >= 15 is 0 Å². The van der Waals surface area contributed by atoms with Gasteiger partial charge in [-0.3, -0.25) is 14.4 Å². The minimum Gasteiger partial charge on any atom is -0.397 e. The highest BCUT2D eigenvalue weighted by atomic mass is 79.9. The number of nitrogens with one attached hydrogen (secondary N) is 2. The van der Waals surface area contributed by atoms with Gasteiger partial charge < -0.3 is 61.6 Å². The van der Waals surface area contributed by atoms with Gasteiger partial charge in [0.1, 0.15) is 23.0 Å². The first-order valence-corrected chi connectivity index (χ1v) is 29.9. The van der Waals surface area contributed by atoms with Crippen LogP contribution in [0.2, 0.25) is 0 Å². The first-order chi connectivity index (χ1) is 35.3. The molecule has 16 nitrogen and oxygen atoms in total. The molecular formula is C56H81BrN4O12S2. The van der Waals surface area contributed by atoms with Crippen molar-refractivity contribution >= 4 is 67.1 Å². The van der Waals surface area contributed by atoms with Crippen LogP contribution in [-0.2, 0) is 35.7 Å². The molecule has 8 bridgehead atoms. The zero-order valence-corrected chi connectivity index (χ0v) is 47.5. The van der Waals surface area contributed by atoms with Crippen LogP contribution in [-0.4, -0.2) is 136 Å². The lowest BCUT2D eigenvalue weighted by Gasteiger charge is -2.73. The maximum absolute atomic E-state index is 13.9. The molecule has 11 N–H and O–H groups in total. The Hall–Kier alpha value is -2.27. The van der Waals surface area contributed by atoms with E-state index in [0.29, 0.717) is 54.9 Å². The fourth-order valence-corrected chi connectivity index (χ4v) is 21.5. The zero-order valence-electron chi connectivity index (χ0n) is 44.2. The number of aromatic nitrogens is 1. The summed E-state index contributed by atoms with van der Waals surface area (Å²) < 4.78 is 11.9. The van der Waals surface area contributed by atoms with E-state index in [4.69, 9.17) is 37.5 Å². The Morgan fingerprint density at radius 3 is 1.68 bits per heavy atom. The first-order valence-electron chi connectivity index (χ1n) is 27.8. The van der Waals surface area contributed by atoms with Crippen molar-refractivity contribution in [3.63, 3.8) is 0 Å². The minimum atomic E-state index is -2.21. The molecule has 0 amide bonds. The SMILES string of the molecule is C=C1C(=O)[C@]23[C@H](O)[C@H]1CC[C@H]2[C@@]12CO[C@@]3(O)[C@@H](O)[C@@H]1C(C)(C)CC(Br)C2=O.C=C1C(=O)[C@]23[C@H](O)[C@H]1CC[C@H]2[C@@]12CO[C@@]3(O)[C@@H](O)[C@@H]1C(C)(C)Cc1sc(NC3CCCCC3)nc12.CCO.NC(=S)NC1CCCCC1. The van der Waals surface area contributed by atoms with E-state index in [1.807, 2.05) is 13.8 Å². The van der Waals surface area contributed by atoms with Crippen LogP contribution in [0.3, 0.4) is 0 Å². The standard InChI is InChI=1S/C27H36N2O5S.C20H25BrO6.C7H14N2S.C2H6O/c1-13-15-9-10-17-25-12-34-27(33,26(17,20(13)30)21(15)31)22(32)18(25)24(2,3)11-16-19(25)29-23(35-16)28-14-7-5-4-6-8-14;1-8-9-4-5-11-18-7-27-20(26,19(11,13(8)22)14(9)23)16(25)12(18)17(2,3)6-10(21)15(18)24;8-7(10)9-6-4-2-1-3-5-6;1-2-3/h14-15,17-18,21-22,31-33H,1,4-12H2,2-3H3,(H,28,29);9-12,14,16,23,25-26H,1,4-7H2,2-3H3;6H,1-5H2,(H3,8,9,10);3H,2H2,1H3/t15-,17-,18+,21+,22-,25-,26-,27-;9-,10?,11-,12+,14+,16-,18-,19-,20-;;/m00../s1. The number of alkyl halides is 1. The van der Waals surface area contributed by atoms with Crippen molar-refractivity contribution in [2.24, 2.45) is 68.3 Å². The molecule has 14 aliphatic rings. The van der Waals surface area contributed by atoms with E-state index in [1.165, 1.54) is 56.2 Å². The van der Waals surface area contributed by atoms with E-state index in [1.54, 1.807) is 18.3 Å². The van der Waals surface area contributed by atoms with Crippen molar-refractivity contribution < 1.29 is 59.6 Å². The van der Waals surface area contributed by atoms with Crippen LogP contribution < -0.4 is 16.4 Å². The van der Waals surface area contributed by atoms with Crippen LogP contribution >= 0.6 is 39.5 Å². The van der Waals surface area contributed by atoms with E-state index < -0.39 is 97.3 Å². The first kappa shape index (κ1) is 56.0. The van der Waals surface area contributed by atoms with Gasteiger partial charge in [-0.1, -0.05) is 95.3 Å². The van der Waals surface area contributed by atoms with Crippen LogP contribution in [0.25, 0.3) is 0 Å². The monoisotopic (exact) mass is 1140 g/mol. The van der Waals surface area contributed by atoms with E-state index in [0.717, 1.165) is 30.1 Å². The Labute approximate surface area is 458 Å². The predicted octanol–water partition coefficient (Wildman–Crippen LogP) is 5.04. The third-order valence-corrected chi connectivity index (χ3v) is 23.2. The number of rotatable bonds is 3. The van der Waals surface area contributed by atoms with E-state index in [-0.39, 0.29) is 54.2 Å². The predicted molar refractivity (Wildman–Crippen MR) is 288 cm³/mol. The molecule has 17 atom stereocenters. The van der Waals surface area contributed by atoms with Crippen LogP contribution in [0, 0.1) is 62.6 Å². The number of hydrogen-bond acceptors (Lipinski definition) is 16. The van der Waals surface area contributed by atoms with Gasteiger partial charge in [-0.15, -0.1) is 11.3 Å². The van der Waals surface area contributed by atoms with Gasteiger partial charge in [0.15, 0.2) is 27.6 Å². The Morgan fingerprint density at radius 2 is 1.19 bits per heavy atom. The van der Waals surface area contributed by atoms with E-state index in [9.17, 15) is 45.0 Å². The molecule has 5 heterocycles. The van der Waals surface area contributed by atoms with Crippen molar-refractivity contribution in [1.29, 1.82) is 0 Å². The van der Waals surface area contributed by atoms with Crippen molar-refractivity contribution in [3.8, 4) is 0 Å². The number of nitrogens with two attached hydrogens (primary N) is 1. The van der Waals surface area contributed by atoms with Crippen LogP contribution in [0.15, 0.2) is 24.3 Å². The molecule has 13 fully saturated rings. The van der Waals surface area contributed by atoms with Gasteiger partial charge in [0, 0.05) is 52.7 Å². The van der Waals surface area contributed by atoms with Gasteiger partial charge in [0.2, 0.25) is 11.6 Å². The summed E-state index contributed by atoms with van der Waals surface area (Å²) in [4.78, 5) is 46.7. The molecule has 4 aliphatic heterocycles.